The number of thiophene rings is 1. The Morgan fingerprint density at radius 2 is 2.04 bits per heavy atom. The number of hydrogen-bond acceptors (Lipinski definition) is 5. The number of nitrogens with one attached hydrogen (secondary N) is 1. The summed E-state index contributed by atoms with van der Waals surface area (Å²) in [6.45, 7) is 3.05. The number of halogens is 4. The van der Waals surface area contributed by atoms with Crippen LogP contribution in [-0.2, 0) is 17.5 Å². The van der Waals surface area contributed by atoms with E-state index >= 15 is 0 Å². The maximum Gasteiger partial charge on any atom is 0.433 e. The van der Waals surface area contributed by atoms with Crippen molar-refractivity contribution in [2.24, 2.45) is 5.73 Å². The van der Waals surface area contributed by atoms with Crippen molar-refractivity contribution >= 4 is 55.0 Å². The van der Waals surface area contributed by atoms with Crippen LogP contribution in [0.25, 0.3) is 10.2 Å². The fourth-order valence-corrected chi connectivity index (χ4v) is 3.97. The quantitative estimate of drug-likeness (QED) is 0.601. The molecule has 12 heteroatoms. The summed E-state index contributed by atoms with van der Waals surface area (Å²) in [5, 5.41) is 6.86. The lowest BCUT2D eigenvalue weighted by Gasteiger charge is -2.10. The van der Waals surface area contributed by atoms with Crippen molar-refractivity contribution in [2.75, 3.05) is 5.32 Å². The van der Waals surface area contributed by atoms with E-state index in [-0.39, 0.29) is 32.9 Å². The van der Waals surface area contributed by atoms with E-state index in [1.807, 2.05) is 0 Å². The maximum absolute atomic E-state index is 13.0. The zero-order chi connectivity index (χ0) is 20.8. The minimum absolute atomic E-state index is 0.0329. The van der Waals surface area contributed by atoms with Gasteiger partial charge in [0.15, 0.2) is 0 Å². The second-order valence-corrected chi connectivity index (χ2v) is 7.81. The van der Waals surface area contributed by atoms with Gasteiger partial charge in [-0.05, 0) is 41.4 Å². The molecule has 3 rings (SSSR count). The van der Waals surface area contributed by atoms with E-state index in [0.717, 1.165) is 10.5 Å². The molecule has 0 aliphatic heterocycles. The molecule has 3 N–H and O–H groups in total. The van der Waals surface area contributed by atoms with Gasteiger partial charge < -0.3 is 11.1 Å². The van der Waals surface area contributed by atoms with Crippen LogP contribution in [0.4, 0.5) is 18.9 Å². The third-order valence-electron chi connectivity index (χ3n) is 3.97. The Labute approximate surface area is 168 Å². The molecule has 0 bridgehead atoms. The molecule has 0 fully saturated rings. The highest BCUT2D eigenvalue weighted by molar-refractivity contribution is 9.10. The number of aromatic nitrogens is 3. The molecule has 3 aromatic heterocycles. The summed E-state index contributed by atoms with van der Waals surface area (Å²) < 4.78 is 41.2. The van der Waals surface area contributed by atoms with E-state index in [2.05, 4.69) is 31.3 Å². The smallest absolute Gasteiger partial charge is 0.365 e. The molecule has 0 unspecified atom stereocenters. The Hall–Kier alpha value is -2.47. The average Bonchev–Trinajstić information content (AvgIpc) is 3.09. The van der Waals surface area contributed by atoms with Gasteiger partial charge in [0.05, 0.1) is 22.1 Å². The van der Waals surface area contributed by atoms with Gasteiger partial charge in [-0.2, -0.15) is 18.3 Å². The largest absolute Gasteiger partial charge is 0.433 e. The topological polar surface area (TPSA) is 103 Å². The number of alkyl halides is 3. The number of hydrogen-bond donors (Lipinski definition) is 2. The lowest BCUT2D eigenvalue weighted by Crippen LogP contribution is -2.22. The van der Waals surface area contributed by atoms with E-state index < -0.39 is 23.7 Å². The Morgan fingerprint density at radius 1 is 1.36 bits per heavy atom. The molecule has 0 radical (unpaired) electrons. The van der Waals surface area contributed by atoms with Gasteiger partial charge in [0, 0.05) is 5.39 Å². The van der Waals surface area contributed by atoms with E-state index in [4.69, 9.17) is 5.73 Å². The standard InChI is InChI=1S/C16H13BrF3N5O2S/c1-6-3-9(16(18,19)20)23-15-11(6)12(13(28-15)14(21)27)24-10(26)5-25-7(2)8(17)4-22-25/h3-4H,5H2,1-2H3,(H2,21,27)(H,24,26). The van der Waals surface area contributed by atoms with Gasteiger partial charge in [0.1, 0.15) is 21.9 Å². The fourth-order valence-electron chi connectivity index (χ4n) is 2.62. The van der Waals surface area contributed by atoms with Crippen LogP contribution in [0.3, 0.4) is 0 Å². The number of carbonyl (C=O) groups excluding carboxylic acids is 2. The molecule has 2 amide bonds. The fraction of sp³-hybridized carbons (Fsp3) is 0.250. The number of fused-ring (bicyclic) bond motifs is 1. The number of anilines is 1. The van der Waals surface area contributed by atoms with Crippen LogP contribution >= 0.6 is 27.3 Å². The van der Waals surface area contributed by atoms with Gasteiger partial charge in [-0.15, -0.1) is 11.3 Å². The Morgan fingerprint density at radius 3 is 2.57 bits per heavy atom. The number of primary amides is 1. The molecular formula is C16H13BrF3N5O2S. The lowest BCUT2D eigenvalue weighted by atomic mass is 10.1. The van der Waals surface area contributed by atoms with Crippen LogP contribution in [0, 0.1) is 13.8 Å². The Balaban J connectivity index is 2.04. The van der Waals surface area contributed by atoms with Gasteiger partial charge in [-0.3, -0.25) is 14.3 Å². The van der Waals surface area contributed by atoms with Crippen molar-refractivity contribution in [2.45, 2.75) is 26.6 Å². The first-order valence-electron chi connectivity index (χ1n) is 7.78. The van der Waals surface area contributed by atoms with Gasteiger partial charge in [0.25, 0.3) is 5.91 Å². The lowest BCUT2D eigenvalue weighted by molar-refractivity contribution is -0.141. The Kier molecular flexibility index (Phi) is 5.19. The number of amides is 2. The van der Waals surface area contributed by atoms with Crippen LogP contribution in [0.2, 0.25) is 0 Å². The SMILES string of the molecule is Cc1cc(C(F)(F)F)nc2sc(C(N)=O)c(NC(=O)Cn3ncc(Br)c3C)c12. The van der Waals surface area contributed by atoms with Crippen LogP contribution in [0.5, 0.6) is 0 Å². The number of aryl methyl sites for hydroxylation is 1. The van der Waals surface area contributed by atoms with Crippen LogP contribution in [-0.4, -0.2) is 26.6 Å². The summed E-state index contributed by atoms with van der Waals surface area (Å²) in [4.78, 5) is 27.7. The van der Waals surface area contributed by atoms with Gasteiger partial charge in [-0.1, -0.05) is 0 Å². The van der Waals surface area contributed by atoms with Gasteiger partial charge in [0.2, 0.25) is 5.91 Å². The molecule has 7 nitrogen and oxygen atoms in total. The number of rotatable bonds is 4. The van der Waals surface area contributed by atoms with Crippen molar-refractivity contribution < 1.29 is 22.8 Å². The first kappa shape index (κ1) is 20.3. The van der Waals surface area contributed by atoms with Crippen LogP contribution < -0.4 is 11.1 Å². The zero-order valence-electron chi connectivity index (χ0n) is 14.5. The van der Waals surface area contributed by atoms with Crippen molar-refractivity contribution in [3.8, 4) is 0 Å². The minimum atomic E-state index is -4.63. The zero-order valence-corrected chi connectivity index (χ0v) is 16.9. The predicted octanol–water partition coefficient (Wildman–Crippen LogP) is 3.63. The summed E-state index contributed by atoms with van der Waals surface area (Å²) in [7, 11) is 0. The number of carbonyl (C=O) groups is 2. The highest BCUT2D eigenvalue weighted by atomic mass is 79.9. The minimum Gasteiger partial charge on any atom is -0.365 e. The maximum atomic E-state index is 13.0. The third kappa shape index (κ3) is 3.74. The number of nitrogens with two attached hydrogens (primary N) is 1. The predicted molar refractivity (Wildman–Crippen MR) is 101 cm³/mol. The molecule has 3 aromatic rings. The molecule has 0 saturated heterocycles. The average molecular weight is 476 g/mol. The molecule has 0 aliphatic carbocycles. The highest BCUT2D eigenvalue weighted by Crippen LogP contribution is 2.39. The van der Waals surface area contributed by atoms with Crippen LogP contribution in [0.15, 0.2) is 16.7 Å². The van der Waals surface area contributed by atoms with Crippen molar-refractivity contribution in [1.29, 1.82) is 0 Å². The molecule has 0 saturated carbocycles. The van der Waals surface area contributed by atoms with E-state index in [1.165, 1.54) is 17.8 Å². The Bertz CT molecular complexity index is 1110. The second kappa shape index (κ2) is 7.17. The molecule has 0 atom stereocenters. The summed E-state index contributed by atoms with van der Waals surface area (Å²) >= 11 is 3.99. The first-order valence-corrected chi connectivity index (χ1v) is 9.39. The first-order chi connectivity index (χ1) is 13.0. The monoisotopic (exact) mass is 475 g/mol. The molecule has 0 spiro atoms. The van der Waals surface area contributed by atoms with Crippen molar-refractivity contribution in [1.82, 2.24) is 14.8 Å². The summed E-state index contributed by atoms with van der Waals surface area (Å²) in [6.07, 6.45) is -3.10. The summed E-state index contributed by atoms with van der Waals surface area (Å²) in [6, 6.07) is 0.865. The van der Waals surface area contributed by atoms with Crippen molar-refractivity contribution in [3.63, 3.8) is 0 Å². The highest BCUT2D eigenvalue weighted by Gasteiger charge is 2.34. The van der Waals surface area contributed by atoms with Crippen molar-refractivity contribution in [3.05, 3.63) is 38.6 Å². The van der Waals surface area contributed by atoms with E-state index in [1.54, 1.807) is 6.92 Å². The number of pyridine rings is 1. The second-order valence-electron chi connectivity index (χ2n) is 5.96. The van der Waals surface area contributed by atoms with E-state index in [9.17, 15) is 22.8 Å². The molecule has 28 heavy (non-hydrogen) atoms. The molecular weight excluding hydrogens is 463 g/mol. The van der Waals surface area contributed by atoms with Gasteiger partial charge >= 0.3 is 6.18 Å². The van der Waals surface area contributed by atoms with Gasteiger partial charge in [-0.25, -0.2) is 4.98 Å². The molecule has 0 aromatic carbocycles. The third-order valence-corrected chi connectivity index (χ3v) is 5.85. The van der Waals surface area contributed by atoms with Crippen LogP contribution in [0.1, 0.15) is 26.6 Å². The summed E-state index contributed by atoms with van der Waals surface area (Å²) in [5.74, 6) is -1.38. The summed E-state index contributed by atoms with van der Waals surface area (Å²) in [5.41, 5.74) is 5.26. The molecule has 0 aliphatic rings. The normalized spacial score (nSPS) is 11.8. The number of nitrogens with zero attached hydrogens (tertiary/aromatic N) is 3. The van der Waals surface area contributed by atoms with E-state index in [0.29, 0.717) is 17.0 Å². The molecule has 148 valence electrons. The molecule has 3 heterocycles.